The number of hydrogen-bond acceptors (Lipinski definition) is 9. The summed E-state index contributed by atoms with van der Waals surface area (Å²) >= 11 is 6.83. The van der Waals surface area contributed by atoms with E-state index >= 15 is 0 Å². The maximum atomic E-state index is 13.6. The number of nitrogens with one attached hydrogen (secondary N) is 1. The SMILES string of the molecule is COc1cccc(N2C(=O)C(c3csc(NN)n3)C(=O)N(c3cccc(OC)c3)C2=S)c1. The van der Waals surface area contributed by atoms with E-state index < -0.39 is 17.7 Å². The summed E-state index contributed by atoms with van der Waals surface area (Å²) in [7, 11) is 3.06. The zero-order valence-corrected chi connectivity index (χ0v) is 18.8. The molecule has 32 heavy (non-hydrogen) atoms. The smallest absolute Gasteiger partial charge is 0.252 e. The summed E-state index contributed by atoms with van der Waals surface area (Å²) in [6, 6.07) is 13.8. The molecule has 3 N–H and O–H groups in total. The van der Waals surface area contributed by atoms with Gasteiger partial charge in [-0.15, -0.1) is 11.3 Å². The van der Waals surface area contributed by atoms with Gasteiger partial charge in [0.2, 0.25) is 0 Å². The number of anilines is 3. The molecular formula is C21H19N5O4S2. The zero-order chi connectivity index (χ0) is 22.8. The maximum Gasteiger partial charge on any atom is 0.252 e. The molecule has 0 bridgehead atoms. The Morgan fingerprint density at radius 3 is 1.97 bits per heavy atom. The van der Waals surface area contributed by atoms with Crippen molar-refractivity contribution in [2.75, 3.05) is 29.4 Å². The fourth-order valence-electron chi connectivity index (χ4n) is 3.36. The molecule has 0 unspecified atom stereocenters. The van der Waals surface area contributed by atoms with Gasteiger partial charge < -0.3 is 9.47 Å². The van der Waals surface area contributed by atoms with E-state index in [1.54, 1.807) is 53.9 Å². The van der Waals surface area contributed by atoms with Gasteiger partial charge in [-0.2, -0.15) is 0 Å². The van der Waals surface area contributed by atoms with Crippen LogP contribution < -0.4 is 30.5 Å². The number of ether oxygens (including phenoxy) is 2. The second-order valence-corrected chi connectivity index (χ2v) is 7.91. The molecule has 9 nitrogen and oxygen atoms in total. The maximum absolute atomic E-state index is 13.6. The predicted octanol–water partition coefficient (Wildman–Crippen LogP) is 2.89. The Morgan fingerprint density at radius 2 is 1.53 bits per heavy atom. The molecule has 2 amide bonds. The van der Waals surface area contributed by atoms with Crippen molar-refractivity contribution in [3.63, 3.8) is 0 Å². The highest BCUT2D eigenvalue weighted by Crippen LogP contribution is 2.36. The lowest BCUT2D eigenvalue weighted by atomic mass is 9.99. The van der Waals surface area contributed by atoms with E-state index in [0.717, 1.165) is 0 Å². The van der Waals surface area contributed by atoms with Crippen LogP contribution in [0.1, 0.15) is 11.6 Å². The molecule has 1 fully saturated rings. The van der Waals surface area contributed by atoms with Crippen molar-refractivity contribution in [1.82, 2.24) is 4.98 Å². The van der Waals surface area contributed by atoms with Gasteiger partial charge >= 0.3 is 0 Å². The van der Waals surface area contributed by atoms with E-state index in [0.29, 0.717) is 28.0 Å². The third-order valence-electron chi connectivity index (χ3n) is 4.88. The van der Waals surface area contributed by atoms with Crippen LogP contribution in [0, 0.1) is 0 Å². The van der Waals surface area contributed by atoms with E-state index in [-0.39, 0.29) is 10.8 Å². The summed E-state index contributed by atoms with van der Waals surface area (Å²) in [5.74, 6) is 4.30. The van der Waals surface area contributed by atoms with Crippen molar-refractivity contribution in [3.05, 3.63) is 59.6 Å². The molecule has 0 atom stereocenters. The number of carbonyl (C=O) groups excluding carboxylic acids is 2. The number of nitrogens with two attached hydrogens (primary N) is 1. The number of nitrogen functional groups attached to an aromatic ring is 1. The number of aromatic nitrogens is 1. The number of carbonyl (C=O) groups is 2. The minimum atomic E-state index is -1.21. The first-order valence-corrected chi connectivity index (χ1v) is 10.7. The van der Waals surface area contributed by atoms with Crippen LogP contribution in [-0.4, -0.2) is 36.1 Å². The van der Waals surface area contributed by atoms with Crippen LogP contribution in [0.25, 0.3) is 0 Å². The van der Waals surface area contributed by atoms with Crippen LogP contribution in [0.4, 0.5) is 16.5 Å². The Labute approximate surface area is 193 Å². The fraction of sp³-hybridized carbons (Fsp3) is 0.143. The lowest BCUT2D eigenvalue weighted by Gasteiger charge is -2.39. The van der Waals surface area contributed by atoms with Crippen molar-refractivity contribution < 1.29 is 19.1 Å². The number of thiazole rings is 1. The third-order valence-corrected chi connectivity index (χ3v) is 6.04. The summed E-state index contributed by atoms with van der Waals surface area (Å²) in [5.41, 5.74) is 3.66. The molecule has 2 aromatic carbocycles. The summed E-state index contributed by atoms with van der Waals surface area (Å²) in [4.78, 5) is 34.1. The normalized spacial score (nSPS) is 14.7. The third kappa shape index (κ3) is 3.77. The van der Waals surface area contributed by atoms with Gasteiger partial charge in [0.1, 0.15) is 11.5 Å². The van der Waals surface area contributed by atoms with Gasteiger partial charge in [-0.1, -0.05) is 12.1 Å². The Hall–Kier alpha value is -3.54. The minimum Gasteiger partial charge on any atom is -0.497 e. The first-order chi connectivity index (χ1) is 15.5. The molecule has 11 heteroatoms. The van der Waals surface area contributed by atoms with Gasteiger partial charge in [-0.3, -0.25) is 24.8 Å². The van der Waals surface area contributed by atoms with E-state index in [1.807, 2.05) is 0 Å². The molecule has 0 spiro atoms. The quantitative estimate of drug-likeness (QED) is 0.245. The summed E-state index contributed by atoms with van der Waals surface area (Å²) < 4.78 is 10.6. The molecule has 1 aromatic heterocycles. The van der Waals surface area contributed by atoms with Gasteiger partial charge in [0.25, 0.3) is 11.8 Å². The van der Waals surface area contributed by atoms with Crippen LogP contribution in [0.15, 0.2) is 53.9 Å². The first kappa shape index (κ1) is 21.7. The van der Waals surface area contributed by atoms with Gasteiger partial charge in [0.15, 0.2) is 16.2 Å². The summed E-state index contributed by atoms with van der Waals surface area (Å²) in [5, 5.41) is 2.03. The number of methoxy groups -OCH3 is 2. The number of rotatable bonds is 6. The van der Waals surface area contributed by atoms with Gasteiger partial charge in [-0.05, 0) is 36.5 Å². The molecule has 164 valence electrons. The molecule has 2 heterocycles. The Kier molecular flexibility index (Phi) is 6.04. The predicted molar refractivity (Wildman–Crippen MR) is 126 cm³/mol. The number of hydrogen-bond donors (Lipinski definition) is 2. The standard InChI is InChI=1S/C21H19N5O4S2/c1-29-14-7-3-5-12(9-14)25-18(27)17(16-11-32-20(23-16)24-22)19(28)26(21(25)31)13-6-4-8-15(10-13)30-2/h3-11,17H,22H2,1-2H3,(H,23,24). The number of thiocarbonyl (C=S) groups is 1. The number of benzene rings is 2. The van der Waals surface area contributed by atoms with Crippen LogP contribution in [-0.2, 0) is 9.59 Å². The Morgan fingerprint density at radius 1 is 1.00 bits per heavy atom. The van der Waals surface area contributed by atoms with Gasteiger partial charge in [0.05, 0.1) is 31.3 Å². The molecule has 3 aromatic rings. The van der Waals surface area contributed by atoms with Crippen LogP contribution in [0.2, 0.25) is 0 Å². The van der Waals surface area contributed by atoms with Crippen molar-refractivity contribution in [3.8, 4) is 11.5 Å². The van der Waals surface area contributed by atoms with E-state index in [4.69, 9.17) is 27.5 Å². The van der Waals surface area contributed by atoms with Crippen molar-refractivity contribution in [1.29, 1.82) is 0 Å². The molecular weight excluding hydrogens is 450 g/mol. The average Bonchev–Trinajstić information content (AvgIpc) is 3.28. The zero-order valence-electron chi connectivity index (χ0n) is 17.1. The average molecular weight is 470 g/mol. The van der Waals surface area contributed by atoms with E-state index in [9.17, 15) is 9.59 Å². The molecule has 1 aliphatic heterocycles. The van der Waals surface area contributed by atoms with E-state index in [1.165, 1.54) is 35.4 Å². The lowest BCUT2D eigenvalue weighted by Crippen LogP contribution is -2.59. The molecule has 0 aliphatic carbocycles. The van der Waals surface area contributed by atoms with E-state index in [2.05, 4.69) is 10.4 Å². The highest BCUT2D eigenvalue weighted by atomic mass is 32.1. The monoisotopic (exact) mass is 469 g/mol. The molecule has 0 saturated carbocycles. The minimum absolute atomic E-state index is 0.0187. The summed E-state index contributed by atoms with van der Waals surface area (Å²) in [6.07, 6.45) is 0. The number of nitrogens with zero attached hydrogens (tertiary/aromatic N) is 3. The van der Waals surface area contributed by atoms with Crippen molar-refractivity contribution in [2.24, 2.45) is 5.84 Å². The number of hydrazine groups is 1. The first-order valence-electron chi connectivity index (χ1n) is 9.40. The molecule has 1 saturated heterocycles. The molecule has 4 rings (SSSR count). The van der Waals surface area contributed by atoms with Gasteiger partial charge in [0, 0.05) is 17.5 Å². The van der Waals surface area contributed by atoms with Crippen LogP contribution in [0.3, 0.4) is 0 Å². The Bertz CT molecular complexity index is 1130. The Balaban J connectivity index is 1.86. The largest absolute Gasteiger partial charge is 0.497 e. The molecule has 1 aliphatic rings. The second-order valence-electron chi connectivity index (χ2n) is 6.69. The topological polar surface area (TPSA) is 110 Å². The van der Waals surface area contributed by atoms with Crippen LogP contribution >= 0.6 is 23.6 Å². The highest BCUT2D eigenvalue weighted by Gasteiger charge is 2.47. The second kappa shape index (κ2) is 8.91. The van der Waals surface area contributed by atoms with Gasteiger partial charge in [-0.25, -0.2) is 10.8 Å². The summed E-state index contributed by atoms with van der Waals surface area (Å²) in [6.45, 7) is 0. The van der Waals surface area contributed by atoms with Crippen molar-refractivity contribution in [2.45, 2.75) is 5.92 Å². The number of amides is 2. The fourth-order valence-corrected chi connectivity index (χ4v) is 4.40. The van der Waals surface area contributed by atoms with Crippen molar-refractivity contribution >= 4 is 57.0 Å². The lowest BCUT2D eigenvalue weighted by molar-refractivity contribution is -0.128. The highest BCUT2D eigenvalue weighted by molar-refractivity contribution is 7.81. The van der Waals surface area contributed by atoms with Crippen LogP contribution in [0.5, 0.6) is 11.5 Å². The molecule has 0 radical (unpaired) electrons.